The molecule has 2 heterocycles. The minimum atomic E-state index is -0.924. The molecular weight excluding hydrogens is 413 g/mol. The van der Waals surface area contributed by atoms with E-state index in [4.69, 9.17) is 0 Å². The molecule has 0 radical (unpaired) electrons. The second kappa shape index (κ2) is 9.86. The Kier molecular flexibility index (Phi) is 7.19. The van der Waals surface area contributed by atoms with Gasteiger partial charge in [0, 0.05) is 12.6 Å². The number of nitrogens with one attached hydrogen (secondary N) is 3. The molecule has 1 aliphatic heterocycles. The van der Waals surface area contributed by atoms with Crippen LogP contribution < -0.4 is 20.9 Å². The third-order valence-corrected chi connectivity index (χ3v) is 5.55. The highest BCUT2D eigenvalue weighted by molar-refractivity contribution is 6.09. The maximum absolute atomic E-state index is 14.1. The molecule has 3 atom stereocenters. The van der Waals surface area contributed by atoms with Gasteiger partial charge in [0.25, 0.3) is 5.91 Å². The minimum absolute atomic E-state index is 0.0328. The van der Waals surface area contributed by atoms with E-state index in [-0.39, 0.29) is 23.9 Å². The Morgan fingerprint density at radius 1 is 1.12 bits per heavy atom. The molecule has 32 heavy (non-hydrogen) atoms. The first-order chi connectivity index (χ1) is 15.2. The van der Waals surface area contributed by atoms with Crippen molar-refractivity contribution in [3.63, 3.8) is 0 Å². The molecule has 0 saturated carbocycles. The molecule has 3 rings (SSSR count). The lowest BCUT2D eigenvalue weighted by molar-refractivity contribution is -0.130. The Hall–Kier alpha value is -3.33. The normalized spacial score (nSPS) is 16.9. The smallest absolute Gasteiger partial charge is 0.251 e. The minimum Gasteiger partial charge on any atom is -0.343 e. The van der Waals surface area contributed by atoms with Gasteiger partial charge in [-0.1, -0.05) is 32.0 Å². The summed E-state index contributed by atoms with van der Waals surface area (Å²) in [7, 11) is 1.65. The third kappa shape index (κ3) is 4.77. The summed E-state index contributed by atoms with van der Waals surface area (Å²) in [5, 5.41) is 8.20. The van der Waals surface area contributed by atoms with Gasteiger partial charge in [0.05, 0.1) is 11.7 Å². The second-order valence-corrected chi connectivity index (χ2v) is 8.12. The Morgan fingerprint density at radius 3 is 2.50 bits per heavy atom. The fourth-order valence-corrected chi connectivity index (χ4v) is 3.57. The number of nitrogens with zero attached hydrogens (tertiary/aromatic N) is 2. The fourth-order valence-electron chi connectivity index (χ4n) is 3.57. The fraction of sp³-hybridized carbons (Fsp3) is 0.391. The highest BCUT2D eigenvalue weighted by Gasteiger charge is 2.43. The molecule has 0 spiro atoms. The van der Waals surface area contributed by atoms with Crippen LogP contribution >= 0.6 is 0 Å². The predicted molar refractivity (Wildman–Crippen MR) is 120 cm³/mol. The lowest BCUT2D eigenvalue weighted by Crippen LogP contribution is -2.57. The van der Waals surface area contributed by atoms with Crippen LogP contribution in [0.4, 0.5) is 15.9 Å². The summed E-state index contributed by atoms with van der Waals surface area (Å²) in [6, 6.07) is 7.08. The van der Waals surface area contributed by atoms with Crippen LogP contribution in [0.5, 0.6) is 0 Å². The van der Waals surface area contributed by atoms with E-state index in [0.717, 1.165) is 5.56 Å². The van der Waals surface area contributed by atoms with Crippen LogP contribution in [-0.2, 0) is 20.8 Å². The maximum atomic E-state index is 14.1. The van der Waals surface area contributed by atoms with Crippen LogP contribution in [0.15, 0.2) is 42.6 Å². The Balaban J connectivity index is 1.91. The first-order valence-electron chi connectivity index (χ1n) is 10.5. The van der Waals surface area contributed by atoms with E-state index in [0.29, 0.717) is 5.82 Å². The number of carbonyl (C=O) groups is 3. The highest BCUT2D eigenvalue weighted by atomic mass is 19.1. The number of para-hydroxylation sites is 1. The number of halogens is 1. The summed E-state index contributed by atoms with van der Waals surface area (Å²) in [5.41, 5.74) is 0.761. The average Bonchev–Trinajstić information content (AvgIpc) is 3.17. The Labute approximate surface area is 186 Å². The van der Waals surface area contributed by atoms with Crippen molar-refractivity contribution in [1.82, 2.24) is 15.6 Å². The van der Waals surface area contributed by atoms with E-state index >= 15 is 0 Å². The van der Waals surface area contributed by atoms with Gasteiger partial charge in [-0.15, -0.1) is 0 Å². The topological polar surface area (TPSA) is 103 Å². The number of benzene rings is 1. The molecule has 9 heteroatoms. The molecule has 1 aliphatic rings. The predicted octanol–water partition coefficient (Wildman–Crippen LogP) is 1.87. The lowest BCUT2D eigenvalue weighted by atomic mass is 10.0. The third-order valence-electron chi connectivity index (χ3n) is 5.55. The molecule has 1 aromatic carbocycles. The second-order valence-electron chi connectivity index (χ2n) is 8.12. The summed E-state index contributed by atoms with van der Waals surface area (Å²) in [6.45, 7) is 5.32. The van der Waals surface area contributed by atoms with Crippen molar-refractivity contribution in [1.29, 1.82) is 0 Å². The van der Waals surface area contributed by atoms with Crippen LogP contribution in [0.3, 0.4) is 0 Å². The Morgan fingerprint density at radius 2 is 1.84 bits per heavy atom. The van der Waals surface area contributed by atoms with Crippen molar-refractivity contribution in [3.8, 4) is 0 Å². The van der Waals surface area contributed by atoms with E-state index in [1.807, 2.05) is 13.8 Å². The van der Waals surface area contributed by atoms with Gasteiger partial charge in [-0.25, -0.2) is 9.37 Å². The standard InChI is InChI=1S/C23H28FN5O3/c1-13(2)19(28-21(30)14(3)25-4)23(32)29-18(12-15-8-7-11-26-20(15)29)22(31)27-17-10-6-5-9-16(17)24/h5-11,13-14,18-19,25H,12H2,1-4H3,(H,27,31)(H,28,30)/t14-,18-,19?/m0/s1. The average molecular weight is 442 g/mol. The SMILES string of the molecule is CN[C@@H](C)C(=O)NC(C(=O)N1c2ncccc2C[C@H]1C(=O)Nc1ccccc1F)C(C)C. The number of carbonyl (C=O) groups excluding carboxylic acids is 3. The van der Waals surface area contributed by atoms with Crippen molar-refractivity contribution in [2.45, 2.75) is 45.3 Å². The maximum Gasteiger partial charge on any atom is 0.251 e. The molecule has 170 valence electrons. The summed E-state index contributed by atoms with van der Waals surface area (Å²) < 4.78 is 14.1. The van der Waals surface area contributed by atoms with Crippen LogP contribution in [0.25, 0.3) is 0 Å². The zero-order valence-corrected chi connectivity index (χ0v) is 18.6. The van der Waals surface area contributed by atoms with E-state index in [2.05, 4.69) is 20.9 Å². The van der Waals surface area contributed by atoms with Crippen molar-refractivity contribution in [2.75, 3.05) is 17.3 Å². The van der Waals surface area contributed by atoms with Crippen LogP contribution in [-0.4, -0.2) is 47.9 Å². The number of amides is 3. The van der Waals surface area contributed by atoms with E-state index < -0.39 is 35.8 Å². The number of hydrogen-bond donors (Lipinski definition) is 3. The van der Waals surface area contributed by atoms with Crippen LogP contribution in [0.1, 0.15) is 26.3 Å². The van der Waals surface area contributed by atoms with E-state index in [9.17, 15) is 18.8 Å². The highest BCUT2D eigenvalue weighted by Crippen LogP contribution is 2.32. The molecule has 0 aliphatic carbocycles. The molecule has 0 fully saturated rings. The van der Waals surface area contributed by atoms with Gasteiger partial charge in [-0.2, -0.15) is 0 Å². The van der Waals surface area contributed by atoms with Gasteiger partial charge in [0.15, 0.2) is 0 Å². The quantitative estimate of drug-likeness (QED) is 0.609. The molecule has 1 aromatic heterocycles. The van der Waals surface area contributed by atoms with Crippen molar-refractivity contribution in [3.05, 3.63) is 54.0 Å². The van der Waals surface area contributed by atoms with Crippen molar-refractivity contribution < 1.29 is 18.8 Å². The molecule has 1 unspecified atom stereocenters. The lowest BCUT2D eigenvalue weighted by Gasteiger charge is -2.31. The van der Waals surface area contributed by atoms with E-state index in [1.54, 1.807) is 38.4 Å². The number of aromatic nitrogens is 1. The summed E-state index contributed by atoms with van der Waals surface area (Å²) in [6.07, 6.45) is 1.78. The summed E-state index contributed by atoms with van der Waals surface area (Å²) >= 11 is 0. The van der Waals surface area contributed by atoms with Gasteiger partial charge in [0.1, 0.15) is 23.7 Å². The number of rotatable bonds is 7. The van der Waals surface area contributed by atoms with Gasteiger partial charge in [-0.3, -0.25) is 19.3 Å². The van der Waals surface area contributed by atoms with Crippen LogP contribution in [0.2, 0.25) is 0 Å². The van der Waals surface area contributed by atoms with Crippen molar-refractivity contribution in [2.24, 2.45) is 5.92 Å². The van der Waals surface area contributed by atoms with Crippen LogP contribution in [0, 0.1) is 11.7 Å². The number of fused-ring (bicyclic) bond motifs is 1. The number of hydrogen-bond acceptors (Lipinski definition) is 5. The molecule has 0 saturated heterocycles. The zero-order valence-electron chi connectivity index (χ0n) is 18.6. The van der Waals surface area contributed by atoms with E-state index in [1.165, 1.54) is 23.1 Å². The summed E-state index contributed by atoms with van der Waals surface area (Å²) in [4.78, 5) is 44.9. The zero-order chi connectivity index (χ0) is 23.4. The first kappa shape index (κ1) is 23.3. The van der Waals surface area contributed by atoms with Gasteiger partial charge < -0.3 is 16.0 Å². The molecule has 8 nitrogen and oxygen atoms in total. The summed E-state index contributed by atoms with van der Waals surface area (Å²) in [5.74, 6) is -1.74. The number of pyridine rings is 1. The molecule has 3 N–H and O–H groups in total. The van der Waals surface area contributed by atoms with Gasteiger partial charge in [-0.05, 0) is 43.7 Å². The largest absolute Gasteiger partial charge is 0.343 e. The molecular formula is C23H28FN5O3. The number of likely N-dealkylation sites (N-methyl/N-ethyl adjacent to an activating group) is 1. The van der Waals surface area contributed by atoms with Gasteiger partial charge >= 0.3 is 0 Å². The van der Waals surface area contributed by atoms with Crippen molar-refractivity contribution >= 4 is 29.2 Å². The molecule has 3 amide bonds. The monoisotopic (exact) mass is 441 g/mol. The molecule has 2 aromatic rings. The first-order valence-corrected chi connectivity index (χ1v) is 10.5. The molecule has 0 bridgehead atoms. The van der Waals surface area contributed by atoms with Gasteiger partial charge in [0.2, 0.25) is 11.8 Å². The Bertz CT molecular complexity index is 1010. The number of anilines is 2.